The lowest BCUT2D eigenvalue weighted by molar-refractivity contribution is -0.136. The Kier molecular flexibility index (Phi) is 6.03. The molecule has 0 bridgehead atoms. The fourth-order valence-electron chi connectivity index (χ4n) is 2.43. The number of rotatable bonds is 8. The number of ether oxygens (including phenoxy) is 3. The summed E-state index contributed by atoms with van der Waals surface area (Å²) in [5, 5.41) is 3.04. The van der Waals surface area contributed by atoms with Crippen molar-refractivity contribution < 1.29 is 19.0 Å². The molecule has 6 heteroatoms. The number of amides is 1. The molecule has 1 aliphatic heterocycles. The molecule has 0 saturated carbocycles. The van der Waals surface area contributed by atoms with E-state index in [0.717, 1.165) is 17.1 Å². The number of hydrogen-bond acceptors (Lipinski definition) is 5. The van der Waals surface area contributed by atoms with Gasteiger partial charge in [0.1, 0.15) is 0 Å². The summed E-state index contributed by atoms with van der Waals surface area (Å²) in [6.45, 7) is 4.46. The fourth-order valence-corrected chi connectivity index (χ4v) is 2.43. The van der Waals surface area contributed by atoms with E-state index < -0.39 is 0 Å². The first-order valence-electron chi connectivity index (χ1n) is 7.46. The summed E-state index contributed by atoms with van der Waals surface area (Å²) >= 11 is 0. The third-order valence-electron chi connectivity index (χ3n) is 3.62. The van der Waals surface area contributed by atoms with E-state index in [9.17, 15) is 4.79 Å². The van der Waals surface area contributed by atoms with E-state index in [2.05, 4.69) is 5.32 Å². The van der Waals surface area contributed by atoms with E-state index >= 15 is 0 Å². The Labute approximate surface area is 131 Å². The topological polar surface area (TPSA) is 60.0 Å². The number of methoxy groups -OCH3 is 1. The first kappa shape index (κ1) is 16.6. The Morgan fingerprint density at radius 2 is 2.18 bits per heavy atom. The highest BCUT2D eigenvalue weighted by molar-refractivity contribution is 5.78. The zero-order chi connectivity index (χ0) is 15.9. The van der Waals surface area contributed by atoms with Crippen molar-refractivity contribution in [1.82, 2.24) is 10.2 Å². The maximum atomic E-state index is 12.6. The minimum atomic E-state index is -0.0733. The van der Waals surface area contributed by atoms with Crippen molar-refractivity contribution in [2.24, 2.45) is 5.92 Å². The van der Waals surface area contributed by atoms with Gasteiger partial charge in [0.05, 0.1) is 6.61 Å². The van der Waals surface area contributed by atoms with Crippen LogP contribution in [0.2, 0.25) is 0 Å². The van der Waals surface area contributed by atoms with E-state index in [1.54, 1.807) is 7.11 Å². The van der Waals surface area contributed by atoms with Gasteiger partial charge in [-0.3, -0.25) is 4.79 Å². The summed E-state index contributed by atoms with van der Waals surface area (Å²) < 4.78 is 15.8. The molecule has 1 unspecified atom stereocenters. The van der Waals surface area contributed by atoms with Gasteiger partial charge in [-0.1, -0.05) is 13.0 Å². The van der Waals surface area contributed by atoms with Crippen LogP contribution in [0.5, 0.6) is 11.5 Å². The van der Waals surface area contributed by atoms with Gasteiger partial charge in [-0.2, -0.15) is 0 Å². The third-order valence-corrected chi connectivity index (χ3v) is 3.62. The van der Waals surface area contributed by atoms with Crippen LogP contribution in [0.1, 0.15) is 12.5 Å². The monoisotopic (exact) mass is 308 g/mol. The van der Waals surface area contributed by atoms with E-state index in [1.807, 2.05) is 37.1 Å². The Morgan fingerprint density at radius 3 is 2.91 bits per heavy atom. The van der Waals surface area contributed by atoms with Crippen LogP contribution in [0.25, 0.3) is 0 Å². The van der Waals surface area contributed by atoms with Crippen molar-refractivity contribution in [3.8, 4) is 11.5 Å². The predicted molar refractivity (Wildman–Crippen MR) is 82.9 cm³/mol. The molecular formula is C16H24N2O4. The van der Waals surface area contributed by atoms with Gasteiger partial charge >= 0.3 is 0 Å². The van der Waals surface area contributed by atoms with Crippen molar-refractivity contribution >= 4 is 5.91 Å². The second-order valence-corrected chi connectivity index (χ2v) is 5.40. The number of benzene rings is 1. The SMILES string of the molecule is CNCC(C)C(=O)N(CCOC)Cc1ccc2c(c1)OCO2. The lowest BCUT2D eigenvalue weighted by Gasteiger charge is -2.26. The summed E-state index contributed by atoms with van der Waals surface area (Å²) in [6, 6.07) is 5.77. The summed E-state index contributed by atoms with van der Waals surface area (Å²) in [4.78, 5) is 14.4. The van der Waals surface area contributed by atoms with Crippen molar-refractivity contribution in [3.05, 3.63) is 23.8 Å². The number of fused-ring (bicyclic) bond motifs is 1. The normalized spacial score (nSPS) is 14.0. The van der Waals surface area contributed by atoms with Gasteiger partial charge < -0.3 is 24.4 Å². The lowest BCUT2D eigenvalue weighted by Crippen LogP contribution is -2.39. The average Bonchev–Trinajstić information content (AvgIpc) is 2.98. The molecule has 122 valence electrons. The van der Waals surface area contributed by atoms with E-state index in [4.69, 9.17) is 14.2 Å². The maximum Gasteiger partial charge on any atom is 0.231 e. The van der Waals surface area contributed by atoms with E-state index in [-0.39, 0.29) is 18.6 Å². The predicted octanol–water partition coefficient (Wildman–Crippen LogP) is 1.25. The van der Waals surface area contributed by atoms with Crippen LogP contribution in [-0.2, 0) is 16.1 Å². The Balaban J connectivity index is 2.07. The highest BCUT2D eigenvalue weighted by Crippen LogP contribution is 2.32. The Bertz CT molecular complexity index is 507. The highest BCUT2D eigenvalue weighted by Gasteiger charge is 2.21. The molecule has 0 fully saturated rings. The molecule has 0 aromatic heterocycles. The quantitative estimate of drug-likeness (QED) is 0.783. The maximum absolute atomic E-state index is 12.6. The van der Waals surface area contributed by atoms with Crippen LogP contribution in [0, 0.1) is 5.92 Å². The van der Waals surface area contributed by atoms with Crippen molar-refractivity contribution in [2.75, 3.05) is 40.6 Å². The number of nitrogens with one attached hydrogen (secondary N) is 1. The summed E-state index contributed by atoms with van der Waals surface area (Å²) in [5.74, 6) is 1.53. The second kappa shape index (κ2) is 8.00. The standard InChI is InChI=1S/C16H24N2O4/c1-12(9-17-2)16(19)18(6-7-20-3)10-13-4-5-14-15(8-13)22-11-21-14/h4-5,8,12,17H,6-7,9-11H2,1-3H3. The smallest absolute Gasteiger partial charge is 0.231 e. The zero-order valence-corrected chi connectivity index (χ0v) is 13.4. The Hall–Kier alpha value is -1.79. The number of hydrogen-bond donors (Lipinski definition) is 1. The molecule has 0 aliphatic carbocycles. The first-order valence-corrected chi connectivity index (χ1v) is 7.46. The average molecular weight is 308 g/mol. The van der Waals surface area contributed by atoms with Gasteiger partial charge in [-0.15, -0.1) is 0 Å². The van der Waals surface area contributed by atoms with E-state index in [1.165, 1.54) is 0 Å². The van der Waals surface area contributed by atoms with Crippen molar-refractivity contribution in [3.63, 3.8) is 0 Å². The van der Waals surface area contributed by atoms with Crippen LogP contribution < -0.4 is 14.8 Å². The molecule has 1 aromatic rings. The molecule has 0 radical (unpaired) electrons. The molecule has 1 atom stereocenters. The fraction of sp³-hybridized carbons (Fsp3) is 0.562. The number of nitrogens with zero attached hydrogens (tertiary/aromatic N) is 1. The van der Waals surface area contributed by atoms with Gasteiger partial charge in [0, 0.05) is 32.7 Å². The van der Waals surface area contributed by atoms with Crippen LogP contribution >= 0.6 is 0 Å². The zero-order valence-electron chi connectivity index (χ0n) is 13.4. The molecule has 0 saturated heterocycles. The van der Waals surface area contributed by atoms with Crippen LogP contribution in [0.4, 0.5) is 0 Å². The van der Waals surface area contributed by atoms with Crippen molar-refractivity contribution in [2.45, 2.75) is 13.5 Å². The van der Waals surface area contributed by atoms with Crippen molar-refractivity contribution in [1.29, 1.82) is 0 Å². The number of carbonyl (C=O) groups is 1. The largest absolute Gasteiger partial charge is 0.454 e. The van der Waals surface area contributed by atoms with Crippen LogP contribution in [-0.4, -0.2) is 51.5 Å². The van der Waals surface area contributed by atoms with E-state index in [0.29, 0.717) is 26.2 Å². The minimum absolute atomic E-state index is 0.0733. The first-order chi connectivity index (χ1) is 10.7. The second-order valence-electron chi connectivity index (χ2n) is 5.40. The summed E-state index contributed by atoms with van der Waals surface area (Å²) in [6.07, 6.45) is 0. The summed E-state index contributed by atoms with van der Waals surface area (Å²) in [7, 11) is 3.49. The lowest BCUT2D eigenvalue weighted by atomic mass is 10.1. The molecule has 1 aromatic carbocycles. The molecule has 1 amide bonds. The Morgan fingerprint density at radius 1 is 1.41 bits per heavy atom. The molecule has 1 N–H and O–H groups in total. The van der Waals surface area contributed by atoms with Gasteiger partial charge in [-0.25, -0.2) is 0 Å². The molecule has 0 spiro atoms. The minimum Gasteiger partial charge on any atom is -0.454 e. The molecule has 6 nitrogen and oxygen atoms in total. The number of carbonyl (C=O) groups excluding carboxylic acids is 1. The van der Waals surface area contributed by atoms with Gasteiger partial charge in [0.25, 0.3) is 0 Å². The van der Waals surface area contributed by atoms with Gasteiger partial charge in [0.2, 0.25) is 12.7 Å². The molecular weight excluding hydrogens is 284 g/mol. The molecule has 22 heavy (non-hydrogen) atoms. The summed E-state index contributed by atoms with van der Waals surface area (Å²) in [5.41, 5.74) is 1.02. The van der Waals surface area contributed by atoms with Crippen LogP contribution in [0.3, 0.4) is 0 Å². The molecule has 1 aliphatic rings. The highest BCUT2D eigenvalue weighted by atomic mass is 16.7. The molecule has 2 rings (SSSR count). The third kappa shape index (κ3) is 4.11. The van der Waals surface area contributed by atoms with Crippen LogP contribution in [0.15, 0.2) is 18.2 Å². The molecule has 1 heterocycles. The van der Waals surface area contributed by atoms with Gasteiger partial charge in [0.15, 0.2) is 11.5 Å². The van der Waals surface area contributed by atoms with Gasteiger partial charge in [-0.05, 0) is 24.7 Å².